The van der Waals surface area contributed by atoms with Crippen molar-refractivity contribution >= 4 is 8.03 Å². The molecule has 0 spiro atoms. The van der Waals surface area contributed by atoms with E-state index in [1.165, 1.54) is 0 Å². The van der Waals surface area contributed by atoms with Gasteiger partial charge in [-0.25, -0.2) is 0 Å². The van der Waals surface area contributed by atoms with Gasteiger partial charge < -0.3 is 5.11 Å². The van der Waals surface area contributed by atoms with E-state index in [0.29, 0.717) is 5.56 Å². The SMILES string of the molecule is O=[P+](O)C(O)c1ccccc1.[Mn]. The first-order valence-corrected chi connectivity index (χ1v) is 4.38. The Morgan fingerprint density at radius 2 is 1.75 bits per heavy atom. The van der Waals surface area contributed by atoms with E-state index in [1.54, 1.807) is 30.3 Å². The van der Waals surface area contributed by atoms with Gasteiger partial charge in [0.15, 0.2) is 0 Å². The molecule has 0 aliphatic carbocycles. The maximum atomic E-state index is 10.4. The van der Waals surface area contributed by atoms with Gasteiger partial charge in [0.2, 0.25) is 0 Å². The summed E-state index contributed by atoms with van der Waals surface area (Å²) >= 11 is 0. The van der Waals surface area contributed by atoms with Crippen LogP contribution in [0.5, 0.6) is 0 Å². The van der Waals surface area contributed by atoms with Gasteiger partial charge in [-0.2, -0.15) is 4.89 Å². The zero-order valence-electron chi connectivity index (χ0n) is 6.09. The molecular weight excluding hydrogens is 218 g/mol. The summed E-state index contributed by atoms with van der Waals surface area (Å²) in [6, 6.07) is 8.40. The Morgan fingerprint density at radius 3 is 2.17 bits per heavy atom. The molecule has 0 bridgehead atoms. The molecule has 1 aromatic rings. The minimum Gasteiger partial charge on any atom is -0.345 e. The van der Waals surface area contributed by atoms with Crippen LogP contribution in [-0.4, -0.2) is 10.00 Å². The summed E-state index contributed by atoms with van der Waals surface area (Å²) in [4.78, 5) is 8.53. The second-order valence-corrected chi connectivity index (χ2v) is 3.18. The molecule has 3 nitrogen and oxygen atoms in total. The van der Waals surface area contributed by atoms with Crippen LogP contribution in [0.2, 0.25) is 0 Å². The number of hydrogen-bond donors (Lipinski definition) is 2. The molecule has 1 aromatic carbocycles. The molecule has 2 unspecified atom stereocenters. The van der Waals surface area contributed by atoms with Crippen LogP contribution in [0.3, 0.4) is 0 Å². The van der Waals surface area contributed by atoms with E-state index in [-0.39, 0.29) is 17.1 Å². The van der Waals surface area contributed by atoms with Gasteiger partial charge in [0.05, 0.1) is 0 Å². The van der Waals surface area contributed by atoms with Crippen LogP contribution in [0.4, 0.5) is 0 Å². The predicted molar refractivity (Wildman–Crippen MR) is 41.2 cm³/mol. The van der Waals surface area contributed by atoms with Crippen LogP contribution in [-0.2, 0) is 21.6 Å². The molecular formula is C7H8MnO3P+. The van der Waals surface area contributed by atoms with E-state index >= 15 is 0 Å². The van der Waals surface area contributed by atoms with Crippen molar-refractivity contribution in [1.82, 2.24) is 0 Å². The van der Waals surface area contributed by atoms with Gasteiger partial charge in [-0.05, 0) is 4.57 Å². The zero-order chi connectivity index (χ0) is 8.27. The number of aliphatic hydroxyl groups is 1. The van der Waals surface area contributed by atoms with Gasteiger partial charge in [0, 0.05) is 22.6 Å². The Balaban J connectivity index is 0.00000121. The number of hydrogen-bond acceptors (Lipinski definition) is 2. The summed E-state index contributed by atoms with van der Waals surface area (Å²) in [7, 11) is -2.53. The Hall–Kier alpha value is -0.241. The van der Waals surface area contributed by atoms with Crippen molar-refractivity contribution in [2.24, 2.45) is 0 Å². The summed E-state index contributed by atoms with van der Waals surface area (Å²) < 4.78 is 10.4. The van der Waals surface area contributed by atoms with Gasteiger partial charge in [0.25, 0.3) is 0 Å². The number of aliphatic hydroxyl groups excluding tert-OH is 1. The van der Waals surface area contributed by atoms with Crippen LogP contribution < -0.4 is 0 Å². The van der Waals surface area contributed by atoms with Crippen LogP contribution in [0.1, 0.15) is 11.4 Å². The quantitative estimate of drug-likeness (QED) is 0.592. The molecule has 0 aliphatic rings. The van der Waals surface area contributed by atoms with Crippen molar-refractivity contribution in [3.8, 4) is 0 Å². The monoisotopic (exact) mass is 226 g/mol. The Morgan fingerprint density at radius 1 is 1.25 bits per heavy atom. The fourth-order valence-corrected chi connectivity index (χ4v) is 1.18. The van der Waals surface area contributed by atoms with Gasteiger partial charge in [0.1, 0.15) is 0 Å². The zero-order valence-corrected chi connectivity index (χ0v) is 8.17. The van der Waals surface area contributed by atoms with Crippen LogP contribution in [0.25, 0.3) is 0 Å². The fraction of sp³-hybridized carbons (Fsp3) is 0.143. The topological polar surface area (TPSA) is 57.5 Å². The molecule has 0 saturated heterocycles. The average Bonchev–Trinajstić information content (AvgIpc) is 2.05. The molecule has 0 saturated carbocycles. The minimum atomic E-state index is -2.53. The average molecular weight is 226 g/mol. The maximum absolute atomic E-state index is 10.4. The first kappa shape index (κ1) is 11.8. The second-order valence-electron chi connectivity index (χ2n) is 2.09. The number of rotatable bonds is 2. The molecule has 1 rings (SSSR count). The Kier molecular flexibility index (Phi) is 5.30. The van der Waals surface area contributed by atoms with Gasteiger partial charge in [-0.1, -0.05) is 30.3 Å². The van der Waals surface area contributed by atoms with Crippen LogP contribution in [0.15, 0.2) is 30.3 Å². The van der Waals surface area contributed by atoms with Crippen molar-refractivity contribution in [1.29, 1.82) is 0 Å². The fourth-order valence-electron chi connectivity index (χ4n) is 0.753. The van der Waals surface area contributed by atoms with Gasteiger partial charge in [-0.15, -0.1) is 0 Å². The summed E-state index contributed by atoms with van der Waals surface area (Å²) in [6.07, 6.45) is 0. The van der Waals surface area contributed by atoms with Gasteiger partial charge >= 0.3 is 13.9 Å². The summed E-state index contributed by atoms with van der Waals surface area (Å²) in [5.74, 6) is -1.26. The molecule has 0 aromatic heterocycles. The molecule has 1 radical (unpaired) electrons. The van der Waals surface area contributed by atoms with E-state index < -0.39 is 13.9 Å². The van der Waals surface area contributed by atoms with E-state index in [4.69, 9.17) is 10.00 Å². The summed E-state index contributed by atoms with van der Waals surface area (Å²) in [5.41, 5.74) is 0.469. The van der Waals surface area contributed by atoms with Crippen LogP contribution >= 0.6 is 8.03 Å². The van der Waals surface area contributed by atoms with Crippen LogP contribution in [0, 0.1) is 0 Å². The van der Waals surface area contributed by atoms with Crippen molar-refractivity contribution in [3.05, 3.63) is 35.9 Å². The van der Waals surface area contributed by atoms with E-state index in [1.807, 2.05) is 0 Å². The molecule has 2 N–H and O–H groups in total. The molecule has 5 heteroatoms. The van der Waals surface area contributed by atoms with Crippen molar-refractivity contribution in [2.75, 3.05) is 0 Å². The first-order valence-electron chi connectivity index (χ1n) is 3.10. The first-order chi connectivity index (χ1) is 5.22. The van der Waals surface area contributed by atoms with Crippen molar-refractivity contribution in [2.45, 2.75) is 5.85 Å². The smallest absolute Gasteiger partial charge is 0.345 e. The largest absolute Gasteiger partial charge is 0.542 e. The normalized spacial score (nSPS) is 13.0. The third-order valence-electron chi connectivity index (χ3n) is 1.31. The molecule has 0 aliphatic heterocycles. The van der Waals surface area contributed by atoms with E-state index in [2.05, 4.69) is 0 Å². The summed E-state index contributed by atoms with van der Waals surface area (Å²) in [5, 5.41) is 9.06. The van der Waals surface area contributed by atoms with Crippen molar-refractivity contribution in [3.63, 3.8) is 0 Å². The van der Waals surface area contributed by atoms with E-state index in [9.17, 15) is 4.57 Å². The molecule has 2 atom stereocenters. The molecule has 0 amide bonds. The van der Waals surface area contributed by atoms with Gasteiger partial charge in [-0.3, -0.25) is 0 Å². The predicted octanol–water partition coefficient (Wildman–Crippen LogP) is 1.41. The molecule has 12 heavy (non-hydrogen) atoms. The standard InChI is InChI=1S/C7H7O3P.Mn/c8-7(11(9)10)6-4-2-1-3-5-6;/h1-5,7-8H;/p+1. The summed E-state index contributed by atoms with van der Waals surface area (Å²) in [6.45, 7) is 0. The molecule has 0 fully saturated rings. The minimum absolute atomic E-state index is 0. The third-order valence-corrected chi connectivity index (χ3v) is 2.02. The third kappa shape index (κ3) is 3.02. The Bertz CT molecular complexity index is 252. The number of benzene rings is 1. The Labute approximate surface area is 81.8 Å². The molecule has 65 valence electrons. The van der Waals surface area contributed by atoms with Crippen molar-refractivity contribution < 1.29 is 31.6 Å². The van der Waals surface area contributed by atoms with E-state index in [0.717, 1.165) is 0 Å². The molecule has 0 heterocycles. The maximum Gasteiger partial charge on any atom is 0.542 e. The second kappa shape index (κ2) is 5.41.